The molecule has 4 aliphatic carbocycles. The predicted molar refractivity (Wildman–Crippen MR) is 279 cm³/mol. The number of imidazole rings is 2. The average molecular weight is 1020 g/mol. The SMILES string of the molecule is C=C(N[C@H](C(=O)N1[C@H](c2nc3ccc(C4CCCC4)cc3[nH]2)C[C@@H]2CCCC[C@@H]21)C(C)C)OC.COC(=O)N[C@H](C(=O)N1[C@H](c2nc3ccc(C4CCCC4)cc3[nH]2)C[C@@H]2CCCC[C@@H]21)C(C)C.[CH3-].[CH3-].[Fe+2]. The van der Waals surface area contributed by atoms with E-state index in [0.29, 0.717) is 29.6 Å². The van der Waals surface area contributed by atoms with Gasteiger partial charge >= 0.3 is 23.2 Å². The normalized spacial score (nSPS) is 25.0. The maximum atomic E-state index is 14.0. The molecule has 390 valence electrons. The van der Waals surface area contributed by atoms with E-state index in [9.17, 15) is 14.4 Å². The monoisotopic (exact) mass is 1020 g/mol. The van der Waals surface area contributed by atoms with Gasteiger partial charge in [0.15, 0.2) is 5.88 Å². The molecule has 4 N–H and O–H groups in total. The summed E-state index contributed by atoms with van der Waals surface area (Å²) in [5, 5.41) is 6.03. The first-order valence-corrected chi connectivity index (χ1v) is 26.4. The Morgan fingerprint density at radius 3 is 1.39 bits per heavy atom. The van der Waals surface area contributed by atoms with Crippen molar-refractivity contribution in [3.05, 3.63) is 86.5 Å². The van der Waals surface area contributed by atoms with Gasteiger partial charge in [-0.05, 0) is 142 Å². The Balaban J connectivity index is 0.000000223. The molecule has 0 spiro atoms. The number of carbonyl (C=O) groups is 3. The molecule has 0 bridgehead atoms. The fourth-order valence-electron chi connectivity index (χ4n) is 13.2. The third kappa shape index (κ3) is 11.8. The van der Waals surface area contributed by atoms with Crippen molar-refractivity contribution < 1.29 is 40.9 Å². The molecule has 71 heavy (non-hydrogen) atoms. The van der Waals surface area contributed by atoms with Gasteiger partial charge in [0.05, 0.1) is 48.4 Å². The number of carbonyl (C=O) groups excluding carboxylic acids is 3. The van der Waals surface area contributed by atoms with Crippen LogP contribution in [0.4, 0.5) is 4.79 Å². The van der Waals surface area contributed by atoms with Crippen LogP contribution in [-0.2, 0) is 36.1 Å². The Morgan fingerprint density at radius 2 is 1.00 bits per heavy atom. The van der Waals surface area contributed by atoms with Crippen LogP contribution < -0.4 is 10.6 Å². The van der Waals surface area contributed by atoms with E-state index in [1.165, 1.54) is 95.3 Å². The van der Waals surface area contributed by atoms with Gasteiger partial charge in [0.1, 0.15) is 23.7 Å². The van der Waals surface area contributed by atoms with Gasteiger partial charge in [0.2, 0.25) is 11.8 Å². The third-order valence-corrected chi connectivity index (χ3v) is 16.9. The van der Waals surface area contributed by atoms with Crippen LogP contribution in [0.1, 0.15) is 190 Å². The number of benzene rings is 2. The molecule has 2 saturated heterocycles. The van der Waals surface area contributed by atoms with Gasteiger partial charge in [0.25, 0.3) is 0 Å². The Morgan fingerprint density at radius 1 is 0.606 bits per heavy atom. The van der Waals surface area contributed by atoms with Crippen LogP contribution >= 0.6 is 0 Å². The zero-order valence-electron chi connectivity index (χ0n) is 44.0. The average Bonchev–Trinajstić information content (AvgIpc) is 4.21. The molecule has 4 saturated carbocycles. The van der Waals surface area contributed by atoms with E-state index in [1.54, 1.807) is 7.11 Å². The number of H-pyrrole nitrogens is 2. The summed E-state index contributed by atoms with van der Waals surface area (Å²) in [6, 6.07) is 12.8. The minimum Gasteiger partial charge on any atom is -0.483 e. The van der Waals surface area contributed by atoms with Gasteiger partial charge in [0, 0.05) is 12.1 Å². The Bertz CT molecular complexity index is 2250. The van der Waals surface area contributed by atoms with Crippen molar-refractivity contribution in [1.82, 2.24) is 40.4 Å². The molecule has 2 aliphatic heterocycles. The van der Waals surface area contributed by atoms with Crippen LogP contribution in [0, 0.1) is 38.5 Å². The summed E-state index contributed by atoms with van der Waals surface area (Å²) >= 11 is 0. The molecule has 6 aliphatic rings. The summed E-state index contributed by atoms with van der Waals surface area (Å²) in [6.07, 6.45) is 21.0. The van der Waals surface area contributed by atoms with Crippen molar-refractivity contribution in [1.29, 1.82) is 0 Å². The summed E-state index contributed by atoms with van der Waals surface area (Å²) in [4.78, 5) is 61.5. The number of rotatable bonds is 12. The number of hydrogen-bond acceptors (Lipinski definition) is 8. The molecule has 4 heterocycles. The van der Waals surface area contributed by atoms with Crippen molar-refractivity contribution in [3.8, 4) is 0 Å². The molecule has 0 radical (unpaired) electrons. The second kappa shape index (κ2) is 24.4. The fraction of sp³-hybridized carbons (Fsp3) is 0.632. The zero-order chi connectivity index (χ0) is 47.6. The molecule has 2 aromatic heterocycles. The van der Waals surface area contributed by atoms with E-state index < -0.39 is 12.1 Å². The Kier molecular flexibility index (Phi) is 19.2. The molecule has 14 heteroatoms. The van der Waals surface area contributed by atoms with Gasteiger partial charge in [-0.3, -0.25) is 9.59 Å². The number of nitrogens with zero attached hydrogens (tertiary/aromatic N) is 4. The zero-order valence-corrected chi connectivity index (χ0v) is 45.1. The van der Waals surface area contributed by atoms with Gasteiger partial charge in [-0.1, -0.05) is 91.2 Å². The van der Waals surface area contributed by atoms with Crippen molar-refractivity contribution in [2.24, 2.45) is 23.7 Å². The molecular formula is C57H84FeN8O5. The summed E-state index contributed by atoms with van der Waals surface area (Å²) in [6.45, 7) is 12.0. The van der Waals surface area contributed by atoms with Crippen LogP contribution in [-0.4, -0.2) is 86.0 Å². The predicted octanol–water partition coefficient (Wildman–Crippen LogP) is 12.1. The number of ether oxygens (including phenoxy) is 2. The first kappa shape index (κ1) is 55.8. The van der Waals surface area contributed by atoms with Crippen molar-refractivity contribution in [2.45, 2.75) is 191 Å². The number of nitrogens with one attached hydrogen (secondary N) is 4. The molecule has 8 atom stereocenters. The van der Waals surface area contributed by atoms with E-state index in [4.69, 9.17) is 19.4 Å². The minimum absolute atomic E-state index is 0. The van der Waals surface area contributed by atoms with E-state index in [0.717, 1.165) is 72.2 Å². The topological polar surface area (TPSA) is 158 Å². The van der Waals surface area contributed by atoms with Crippen LogP contribution in [0.25, 0.3) is 22.1 Å². The van der Waals surface area contributed by atoms with E-state index in [-0.39, 0.29) is 85.8 Å². The number of hydrogen-bond donors (Lipinski definition) is 4. The molecule has 2 aromatic carbocycles. The minimum atomic E-state index is -0.617. The number of aromatic amines is 2. The van der Waals surface area contributed by atoms with Crippen molar-refractivity contribution in [3.63, 3.8) is 0 Å². The number of amides is 3. The van der Waals surface area contributed by atoms with Crippen LogP contribution in [0.5, 0.6) is 0 Å². The fourth-order valence-corrected chi connectivity index (χ4v) is 13.2. The molecule has 6 fully saturated rings. The molecule has 10 rings (SSSR count). The number of alkyl carbamates (subject to hydrolysis) is 1. The maximum absolute atomic E-state index is 14.0. The smallest absolute Gasteiger partial charge is 0.483 e. The van der Waals surface area contributed by atoms with Gasteiger partial charge in [-0.15, -0.1) is 0 Å². The molecular weight excluding hydrogens is 933 g/mol. The van der Waals surface area contributed by atoms with Gasteiger partial charge < -0.3 is 54.7 Å². The van der Waals surface area contributed by atoms with Gasteiger partial charge in [-0.2, -0.15) is 0 Å². The quantitative estimate of drug-likeness (QED) is 0.0620. The third-order valence-electron chi connectivity index (χ3n) is 16.9. The van der Waals surface area contributed by atoms with Crippen molar-refractivity contribution >= 4 is 40.0 Å². The summed E-state index contributed by atoms with van der Waals surface area (Å²) in [7, 11) is 2.92. The van der Waals surface area contributed by atoms with Crippen LogP contribution in [0.15, 0.2) is 48.9 Å². The van der Waals surface area contributed by atoms with E-state index in [2.05, 4.69) is 87.2 Å². The molecule has 3 amide bonds. The summed E-state index contributed by atoms with van der Waals surface area (Å²) in [5.41, 5.74) is 6.96. The largest absolute Gasteiger partial charge is 2.00 e. The van der Waals surface area contributed by atoms with Gasteiger partial charge in [-0.25, -0.2) is 14.8 Å². The number of fused-ring (bicyclic) bond motifs is 4. The molecule has 13 nitrogen and oxygen atoms in total. The molecule has 0 unspecified atom stereocenters. The number of methoxy groups -OCH3 is 2. The summed E-state index contributed by atoms with van der Waals surface area (Å²) in [5.74, 6) is 4.80. The van der Waals surface area contributed by atoms with Crippen LogP contribution in [0.2, 0.25) is 0 Å². The standard InChI is InChI=1S/C28H40N4O2.C27H38N4O3.2CH3.Fe/c1-17(2)26(29-18(3)34-4)28(33)32-24-12-8-7-11-21(24)16-25(32)27-30-22-14-13-20(15-23(22)31-27)19-9-5-6-10-19;1-16(2)24(30-27(33)34-3)26(32)31-22-11-7-6-10-19(22)15-23(31)25-28-20-13-12-18(14-21(20)29-25)17-8-4-5-9-17;;;/h13-15,17,19,21,24-26,29H,3,5-12,16H2,1-2,4H3,(H,30,31);12-14,16-17,19,22-24H,4-11,15H2,1-3H3,(H,28,29)(H,30,33);2*1H3;/q;;2*-1;+2/t21-,24-,25-,26-;19-,22-,23-,24-;;;/m00.../s1. The Hall–Kier alpha value is -4.55. The summed E-state index contributed by atoms with van der Waals surface area (Å²) < 4.78 is 10.1. The first-order chi connectivity index (χ1) is 32.9. The van der Waals surface area contributed by atoms with E-state index >= 15 is 0 Å². The van der Waals surface area contributed by atoms with E-state index in [1.807, 2.05) is 13.8 Å². The number of aromatic nitrogens is 4. The number of likely N-dealkylation sites (tertiary alicyclic amines) is 2. The van der Waals surface area contributed by atoms with Crippen LogP contribution in [0.3, 0.4) is 0 Å². The second-order valence-corrected chi connectivity index (χ2v) is 21.8. The Labute approximate surface area is 435 Å². The van der Waals surface area contributed by atoms with Crippen molar-refractivity contribution in [2.75, 3.05) is 14.2 Å². The maximum Gasteiger partial charge on any atom is 2.00 e. The molecule has 4 aromatic rings. The first-order valence-electron chi connectivity index (χ1n) is 26.4. The second-order valence-electron chi connectivity index (χ2n) is 21.8.